The Labute approximate surface area is 92.7 Å². The number of rotatable bonds is 5. The molecular formula is C13H22N2. The van der Waals surface area contributed by atoms with Gasteiger partial charge >= 0.3 is 0 Å². The highest BCUT2D eigenvalue weighted by molar-refractivity contribution is 5.25. The molecule has 0 aliphatic heterocycles. The summed E-state index contributed by atoms with van der Waals surface area (Å²) in [6.45, 7) is 5.11. The van der Waals surface area contributed by atoms with Gasteiger partial charge in [-0.1, -0.05) is 38.1 Å². The molecule has 0 saturated heterocycles. The molecule has 1 rings (SSSR count). The van der Waals surface area contributed by atoms with E-state index >= 15 is 0 Å². The number of nitrogens with two attached hydrogens (primary N) is 2. The molecule has 0 aliphatic rings. The van der Waals surface area contributed by atoms with Crippen molar-refractivity contribution in [2.24, 2.45) is 17.4 Å². The molecule has 0 aromatic heterocycles. The first kappa shape index (κ1) is 12.2. The molecule has 2 heteroatoms. The van der Waals surface area contributed by atoms with Gasteiger partial charge < -0.3 is 11.5 Å². The van der Waals surface area contributed by atoms with E-state index in [4.69, 9.17) is 11.5 Å². The first-order chi connectivity index (χ1) is 7.13. The number of hydrogen-bond donors (Lipinski definition) is 2. The quantitative estimate of drug-likeness (QED) is 0.776. The summed E-state index contributed by atoms with van der Waals surface area (Å²) in [5.74, 6) is 0.702. The largest absolute Gasteiger partial charge is 0.330 e. The molecule has 0 aliphatic carbocycles. The highest BCUT2D eigenvalue weighted by atomic mass is 14.7. The molecular weight excluding hydrogens is 184 g/mol. The van der Waals surface area contributed by atoms with Crippen LogP contribution in [0.3, 0.4) is 0 Å². The first-order valence-corrected chi connectivity index (χ1v) is 5.68. The minimum atomic E-state index is 0.0862. The molecule has 0 heterocycles. The minimum absolute atomic E-state index is 0.0862. The Morgan fingerprint density at radius 3 is 2.20 bits per heavy atom. The third kappa shape index (κ3) is 4.02. The van der Waals surface area contributed by atoms with Crippen molar-refractivity contribution in [2.75, 3.05) is 6.54 Å². The zero-order valence-electron chi connectivity index (χ0n) is 9.74. The molecule has 0 amide bonds. The Balaban J connectivity index is 2.63. The fraction of sp³-hybridized carbons (Fsp3) is 0.538. The average molecular weight is 206 g/mol. The lowest BCUT2D eigenvalue weighted by Crippen LogP contribution is -2.15. The van der Waals surface area contributed by atoms with Crippen molar-refractivity contribution < 1.29 is 0 Å². The van der Waals surface area contributed by atoms with Crippen molar-refractivity contribution in [3.8, 4) is 0 Å². The Morgan fingerprint density at radius 1 is 1.13 bits per heavy atom. The van der Waals surface area contributed by atoms with Crippen molar-refractivity contribution in [3.63, 3.8) is 0 Å². The second-order valence-corrected chi connectivity index (χ2v) is 4.52. The van der Waals surface area contributed by atoms with Crippen LogP contribution in [0.25, 0.3) is 0 Å². The van der Waals surface area contributed by atoms with Gasteiger partial charge in [-0.2, -0.15) is 0 Å². The topological polar surface area (TPSA) is 52.0 Å². The Kier molecular flexibility index (Phi) is 4.79. The van der Waals surface area contributed by atoms with Gasteiger partial charge in [0, 0.05) is 6.04 Å². The first-order valence-electron chi connectivity index (χ1n) is 5.68. The summed E-state index contributed by atoms with van der Waals surface area (Å²) in [4.78, 5) is 0. The lowest BCUT2D eigenvalue weighted by atomic mass is 9.99. The molecule has 84 valence electrons. The molecule has 0 saturated carbocycles. The summed E-state index contributed by atoms with van der Waals surface area (Å²) in [6, 6.07) is 8.68. The average Bonchev–Trinajstić information content (AvgIpc) is 2.18. The van der Waals surface area contributed by atoms with Crippen LogP contribution in [0.1, 0.15) is 37.4 Å². The van der Waals surface area contributed by atoms with Gasteiger partial charge in [-0.05, 0) is 36.4 Å². The normalized spacial score (nSPS) is 13.1. The van der Waals surface area contributed by atoms with Gasteiger partial charge in [0.15, 0.2) is 0 Å². The van der Waals surface area contributed by atoms with E-state index in [0.29, 0.717) is 12.5 Å². The molecule has 15 heavy (non-hydrogen) atoms. The van der Waals surface area contributed by atoms with E-state index in [9.17, 15) is 0 Å². The number of hydrogen-bond acceptors (Lipinski definition) is 2. The fourth-order valence-corrected chi connectivity index (χ4v) is 1.72. The van der Waals surface area contributed by atoms with Crippen LogP contribution in [-0.2, 0) is 6.42 Å². The monoisotopic (exact) mass is 206 g/mol. The van der Waals surface area contributed by atoms with E-state index in [2.05, 4.69) is 38.1 Å². The fourth-order valence-electron chi connectivity index (χ4n) is 1.72. The summed E-state index contributed by atoms with van der Waals surface area (Å²) in [6.07, 6.45) is 1.98. The van der Waals surface area contributed by atoms with Crippen molar-refractivity contribution in [2.45, 2.75) is 32.7 Å². The molecule has 0 fully saturated rings. The SMILES string of the molecule is CC(C)Cc1ccc(C(N)CCN)cc1. The van der Waals surface area contributed by atoms with Crippen LogP contribution in [0, 0.1) is 5.92 Å². The second-order valence-electron chi connectivity index (χ2n) is 4.52. The van der Waals surface area contributed by atoms with Crippen LogP contribution in [0.2, 0.25) is 0 Å². The highest BCUT2D eigenvalue weighted by Crippen LogP contribution is 2.15. The zero-order valence-corrected chi connectivity index (χ0v) is 9.74. The van der Waals surface area contributed by atoms with Gasteiger partial charge in [-0.25, -0.2) is 0 Å². The molecule has 1 aromatic rings. The van der Waals surface area contributed by atoms with Crippen LogP contribution in [-0.4, -0.2) is 6.54 Å². The van der Waals surface area contributed by atoms with Crippen molar-refractivity contribution in [3.05, 3.63) is 35.4 Å². The summed E-state index contributed by atoms with van der Waals surface area (Å²) in [5, 5.41) is 0. The van der Waals surface area contributed by atoms with E-state index < -0.39 is 0 Å². The van der Waals surface area contributed by atoms with E-state index in [0.717, 1.165) is 12.8 Å². The third-order valence-electron chi connectivity index (χ3n) is 2.53. The van der Waals surface area contributed by atoms with Gasteiger partial charge in [0.05, 0.1) is 0 Å². The summed E-state index contributed by atoms with van der Waals surface area (Å²) < 4.78 is 0. The lowest BCUT2D eigenvalue weighted by Gasteiger charge is -2.12. The standard InChI is InChI=1S/C13H22N2/c1-10(2)9-11-3-5-12(6-4-11)13(15)7-8-14/h3-6,10,13H,7-9,14-15H2,1-2H3. The van der Waals surface area contributed by atoms with Crippen LogP contribution < -0.4 is 11.5 Å². The van der Waals surface area contributed by atoms with E-state index in [-0.39, 0.29) is 6.04 Å². The van der Waals surface area contributed by atoms with E-state index in [1.165, 1.54) is 11.1 Å². The van der Waals surface area contributed by atoms with Crippen molar-refractivity contribution >= 4 is 0 Å². The maximum absolute atomic E-state index is 5.98. The lowest BCUT2D eigenvalue weighted by molar-refractivity contribution is 0.643. The van der Waals surface area contributed by atoms with Gasteiger partial charge in [-0.15, -0.1) is 0 Å². The molecule has 0 bridgehead atoms. The van der Waals surface area contributed by atoms with Crippen LogP contribution in [0.4, 0.5) is 0 Å². The summed E-state index contributed by atoms with van der Waals surface area (Å²) in [5.41, 5.74) is 14.0. The smallest absolute Gasteiger partial charge is 0.0306 e. The zero-order chi connectivity index (χ0) is 11.3. The molecule has 2 nitrogen and oxygen atoms in total. The Hall–Kier alpha value is -0.860. The third-order valence-corrected chi connectivity index (χ3v) is 2.53. The molecule has 4 N–H and O–H groups in total. The van der Waals surface area contributed by atoms with Gasteiger partial charge in [-0.3, -0.25) is 0 Å². The number of benzene rings is 1. The van der Waals surface area contributed by atoms with Gasteiger partial charge in [0.1, 0.15) is 0 Å². The summed E-state index contributed by atoms with van der Waals surface area (Å²) >= 11 is 0. The van der Waals surface area contributed by atoms with Crippen LogP contribution in [0.15, 0.2) is 24.3 Å². The van der Waals surface area contributed by atoms with Crippen LogP contribution >= 0.6 is 0 Å². The summed E-state index contributed by atoms with van der Waals surface area (Å²) in [7, 11) is 0. The second kappa shape index (κ2) is 5.89. The maximum atomic E-state index is 5.98. The minimum Gasteiger partial charge on any atom is -0.330 e. The Morgan fingerprint density at radius 2 is 1.73 bits per heavy atom. The predicted octanol–water partition coefficient (Wildman–Crippen LogP) is 2.23. The predicted molar refractivity (Wildman–Crippen MR) is 65.6 cm³/mol. The molecule has 1 unspecified atom stereocenters. The van der Waals surface area contributed by atoms with E-state index in [1.54, 1.807) is 0 Å². The molecule has 0 radical (unpaired) electrons. The Bertz CT molecular complexity index is 277. The van der Waals surface area contributed by atoms with Crippen molar-refractivity contribution in [1.29, 1.82) is 0 Å². The highest BCUT2D eigenvalue weighted by Gasteiger charge is 2.04. The van der Waals surface area contributed by atoms with Gasteiger partial charge in [0.2, 0.25) is 0 Å². The van der Waals surface area contributed by atoms with Crippen molar-refractivity contribution in [1.82, 2.24) is 0 Å². The van der Waals surface area contributed by atoms with E-state index in [1.807, 2.05) is 0 Å². The molecule has 1 atom stereocenters. The molecule has 0 spiro atoms. The van der Waals surface area contributed by atoms with Crippen LogP contribution in [0.5, 0.6) is 0 Å². The van der Waals surface area contributed by atoms with Gasteiger partial charge in [0.25, 0.3) is 0 Å². The maximum Gasteiger partial charge on any atom is 0.0306 e. The molecule has 1 aromatic carbocycles.